The molecule has 0 aromatic heterocycles. The molecule has 0 fully saturated rings. The summed E-state index contributed by atoms with van der Waals surface area (Å²) in [5.74, 6) is -1.22. The standard InChI is InChI=1S/C17H18BrNO3S/c1-12-6-13(2)8-16(7-12)19-17(20)11-23(21,22)10-14-4-3-5-15(18)9-14/h3-9H,10-11H2,1-2H3,(H,19,20). The van der Waals surface area contributed by atoms with E-state index in [1.54, 1.807) is 18.2 Å². The van der Waals surface area contributed by atoms with Crippen LogP contribution in [-0.2, 0) is 20.4 Å². The zero-order chi connectivity index (χ0) is 17.0. The number of nitrogens with one attached hydrogen (secondary N) is 1. The second kappa shape index (κ2) is 7.27. The van der Waals surface area contributed by atoms with Crippen LogP contribution in [0.15, 0.2) is 46.9 Å². The van der Waals surface area contributed by atoms with Crippen LogP contribution in [0.2, 0.25) is 0 Å². The van der Waals surface area contributed by atoms with Gasteiger partial charge >= 0.3 is 0 Å². The fourth-order valence-corrected chi connectivity index (χ4v) is 4.08. The molecule has 0 bridgehead atoms. The normalized spacial score (nSPS) is 11.3. The van der Waals surface area contributed by atoms with Crippen LogP contribution in [0.5, 0.6) is 0 Å². The molecule has 122 valence electrons. The van der Waals surface area contributed by atoms with E-state index in [2.05, 4.69) is 21.2 Å². The Morgan fingerprint density at radius 2 is 1.74 bits per heavy atom. The van der Waals surface area contributed by atoms with E-state index in [4.69, 9.17) is 0 Å². The lowest BCUT2D eigenvalue weighted by Gasteiger charge is -2.08. The van der Waals surface area contributed by atoms with Crippen LogP contribution in [0.4, 0.5) is 5.69 Å². The van der Waals surface area contributed by atoms with Crippen LogP contribution in [0.1, 0.15) is 16.7 Å². The van der Waals surface area contributed by atoms with E-state index in [1.807, 2.05) is 38.1 Å². The van der Waals surface area contributed by atoms with Gasteiger partial charge in [-0.25, -0.2) is 8.42 Å². The Bertz CT molecular complexity index is 811. The zero-order valence-electron chi connectivity index (χ0n) is 13.0. The van der Waals surface area contributed by atoms with Crippen molar-refractivity contribution in [2.75, 3.05) is 11.1 Å². The molecular formula is C17H18BrNO3S. The highest BCUT2D eigenvalue weighted by molar-refractivity contribution is 9.10. The quantitative estimate of drug-likeness (QED) is 0.840. The lowest BCUT2D eigenvalue weighted by Crippen LogP contribution is -2.24. The van der Waals surface area contributed by atoms with Crippen molar-refractivity contribution in [1.29, 1.82) is 0 Å². The van der Waals surface area contributed by atoms with Crippen molar-refractivity contribution in [2.24, 2.45) is 0 Å². The van der Waals surface area contributed by atoms with Gasteiger partial charge in [0.25, 0.3) is 0 Å². The minimum atomic E-state index is -3.52. The summed E-state index contributed by atoms with van der Waals surface area (Å²) in [5, 5.41) is 2.65. The van der Waals surface area contributed by atoms with Gasteiger partial charge in [0.1, 0.15) is 5.75 Å². The largest absolute Gasteiger partial charge is 0.325 e. The second-order valence-corrected chi connectivity index (χ2v) is 8.57. The third-order valence-corrected chi connectivity index (χ3v) is 5.10. The number of rotatable bonds is 5. The number of hydrogen-bond donors (Lipinski definition) is 1. The third kappa shape index (κ3) is 5.80. The van der Waals surface area contributed by atoms with Crippen LogP contribution < -0.4 is 5.32 Å². The maximum Gasteiger partial charge on any atom is 0.239 e. The Kier molecular flexibility index (Phi) is 5.59. The minimum absolute atomic E-state index is 0.160. The van der Waals surface area contributed by atoms with Crippen LogP contribution in [0, 0.1) is 13.8 Å². The maximum absolute atomic E-state index is 12.2. The predicted octanol–water partition coefficient (Wildman–Crippen LogP) is 3.62. The van der Waals surface area contributed by atoms with Gasteiger partial charge in [-0.1, -0.05) is 34.1 Å². The molecule has 23 heavy (non-hydrogen) atoms. The summed E-state index contributed by atoms with van der Waals surface area (Å²) in [4.78, 5) is 12.0. The molecule has 1 N–H and O–H groups in total. The molecule has 0 aliphatic heterocycles. The van der Waals surface area contributed by atoms with E-state index in [1.165, 1.54) is 0 Å². The van der Waals surface area contributed by atoms with Gasteiger partial charge in [0.2, 0.25) is 5.91 Å². The highest BCUT2D eigenvalue weighted by atomic mass is 79.9. The molecule has 0 spiro atoms. The van der Waals surface area contributed by atoms with Crippen molar-refractivity contribution in [1.82, 2.24) is 0 Å². The fourth-order valence-electron chi connectivity index (χ4n) is 2.38. The summed E-state index contributed by atoms with van der Waals surface area (Å²) >= 11 is 3.30. The molecule has 2 rings (SSSR count). The van der Waals surface area contributed by atoms with E-state index in [9.17, 15) is 13.2 Å². The van der Waals surface area contributed by atoms with E-state index in [0.717, 1.165) is 15.6 Å². The van der Waals surface area contributed by atoms with E-state index in [-0.39, 0.29) is 5.75 Å². The maximum atomic E-state index is 12.2. The Labute approximate surface area is 145 Å². The van der Waals surface area contributed by atoms with Gasteiger partial charge in [0.05, 0.1) is 5.75 Å². The summed E-state index contributed by atoms with van der Waals surface area (Å²) in [6.07, 6.45) is 0. The van der Waals surface area contributed by atoms with Crippen molar-refractivity contribution in [3.05, 3.63) is 63.6 Å². The molecular weight excluding hydrogens is 378 g/mol. The van der Waals surface area contributed by atoms with Gasteiger partial charge in [0.15, 0.2) is 9.84 Å². The third-order valence-electron chi connectivity index (χ3n) is 3.13. The molecule has 2 aromatic carbocycles. The number of carbonyl (C=O) groups is 1. The summed E-state index contributed by atoms with van der Waals surface area (Å²) < 4.78 is 25.1. The molecule has 0 aliphatic rings. The van der Waals surface area contributed by atoms with Crippen molar-refractivity contribution < 1.29 is 13.2 Å². The number of sulfone groups is 1. The highest BCUT2D eigenvalue weighted by Crippen LogP contribution is 2.16. The predicted molar refractivity (Wildman–Crippen MR) is 96.2 cm³/mol. The van der Waals surface area contributed by atoms with Crippen LogP contribution >= 0.6 is 15.9 Å². The number of amides is 1. The number of anilines is 1. The smallest absolute Gasteiger partial charge is 0.239 e. The molecule has 2 aromatic rings. The Morgan fingerprint density at radius 1 is 1.09 bits per heavy atom. The average molecular weight is 396 g/mol. The van der Waals surface area contributed by atoms with Gasteiger partial charge < -0.3 is 5.32 Å². The van der Waals surface area contributed by atoms with Crippen molar-refractivity contribution >= 4 is 37.4 Å². The van der Waals surface area contributed by atoms with Gasteiger partial charge in [0, 0.05) is 10.2 Å². The summed E-state index contributed by atoms with van der Waals surface area (Å²) in [5.41, 5.74) is 3.29. The lowest BCUT2D eigenvalue weighted by atomic mass is 10.1. The number of hydrogen-bond acceptors (Lipinski definition) is 3. The van der Waals surface area contributed by atoms with Crippen molar-refractivity contribution in [3.63, 3.8) is 0 Å². The molecule has 1 amide bonds. The van der Waals surface area contributed by atoms with Crippen molar-refractivity contribution in [3.8, 4) is 0 Å². The molecule has 0 heterocycles. The molecule has 6 heteroatoms. The van der Waals surface area contributed by atoms with Gasteiger partial charge in [-0.2, -0.15) is 0 Å². The second-order valence-electron chi connectivity index (χ2n) is 5.59. The fraction of sp³-hybridized carbons (Fsp3) is 0.235. The average Bonchev–Trinajstić information content (AvgIpc) is 2.35. The Hall–Kier alpha value is -1.66. The number of benzene rings is 2. The minimum Gasteiger partial charge on any atom is -0.325 e. The number of aryl methyl sites for hydroxylation is 2. The lowest BCUT2D eigenvalue weighted by molar-refractivity contribution is -0.113. The first-order chi connectivity index (χ1) is 10.7. The first-order valence-electron chi connectivity index (χ1n) is 7.06. The van der Waals surface area contributed by atoms with Crippen molar-refractivity contribution in [2.45, 2.75) is 19.6 Å². The highest BCUT2D eigenvalue weighted by Gasteiger charge is 2.18. The number of halogens is 1. The van der Waals surface area contributed by atoms with Gasteiger partial charge in [-0.15, -0.1) is 0 Å². The summed E-state index contributed by atoms with van der Waals surface area (Å²) in [7, 11) is -3.52. The molecule has 0 saturated carbocycles. The topological polar surface area (TPSA) is 63.2 Å². The summed E-state index contributed by atoms with van der Waals surface area (Å²) in [6, 6.07) is 12.7. The van der Waals surface area contributed by atoms with Crippen LogP contribution in [0.3, 0.4) is 0 Å². The molecule has 0 unspecified atom stereocenters. The van der Waals surface area contributed by atoms with E-state index >= 15 is 0 Å². The van der Waals surface area contributed by atoms with Crippen LogP contribution in [0.25, 0.3) is 0 Å². The molecule has 0 radical (unpaired) electrons. The Morgan fingerprint density at radius 3 is 2.35 bits per heavy atom. The van der Waals surface area contributed by atoms with Crippen LogP contribution in [-0.4, -0.2) is 20.1 Å². The first kappa shape index (κ1) is 17.7. The van der Waals surface area contributed by atoms with E-state index in [0.29, 0.717) is 11.3 Å². The number of carbonyl (C=O) groups excluding carboxylic acids is 1. The molecule has 0 aliphatic carbocycles. The summed E-state index contributed by atoms with van der Waals surface area (Å²) in [6.45, 7) is 3.85. The molecule has 0 saturated heterocycles. The molecule has 4 nitrogen and oxygen atoms in total. The SMILES string of the molecule is Cc1cc(C)cc(NC(=O)CS(=O)(=O)Cc2cccc(Br)c2)c1. The Balaban J connectivity index is 2.03. The first-order valence-corrected chi connectivity index (χ1v) is 9.68. The van der Waals surface area contributed by atoms with Gasteiger partial charge in [-0.3, -0.25) is 4.79 Å². The zero-order valence-corrected chi connectivity index (χ0v) is 15.4. The monoisotopic (exact) mass is 395 g/mol. The van der Waals surface area contributed by atoms with Gasteiger partial charge in [-0.05, 0) is 54.8 Å². The van der Waals surface area contributed by atoms with E-state index < -0.39 is 21.5 Å². The molecule has 0 atom stereocenters.